The lowest BCUT2D eigenvalue weighted by Crippen LogP contribution is -2.41. The number of para-hydroxylation sites is 1. The molecule has 1 unspecified atom stereocenters. The standard InChI is InChI=1S/C24H28N2O/c1-17-15-20-12-8-13-21(22(16-27)26-14-7-6-9-18(26)2)24(20)25-23(17)19-10-4-3-5-11-19/h3-5,8,10-13,15,18,22,27H,6-7,9,14,16H2,1-2H3/t18-,22?/m1/s1. The van der Waals surface area contributed by atoms with Gasteiger partial charge in [-0.2, -0.15) is 0 Å². The molecule has 1 N–H and O–H groups in total. The molecule has 2 heterocycles. The summed E-state index contributed by atoms with van der Waals surface area (Å²) in [5, 5.41) is 11.4. The Kier molecular flexibility index (Phi) is 5.24. The highest BCUT2D eigenvalue weighted by Crippen LogP contribution is 2.34. The summed E-state index contributed by atoms with van der Waals surface area (Å²) >= 11 is 0. The van der Waals surface area contributed by atoms with Crippen LogP contribution in [0.2, 0.25) is 0 Å². The molecule has 1 saturated heterocycles. The number of hydrogen-bond acceptors (Lipinski definition) is 3. The van der Waals surface area contributed by atoms with Crippen LogP contribution < -0.4 is 0 Å². The van der Waals surface area contributed by atoms with E-state index in [2.05, 4.69) is 67.3 Å². The SMILES string of the molecule is Cc1cc2cccc(C(CO)N3CCCC[C@H]3C)c2nc1-c1ccccc1. The topological polar surface area (TPSA) is 36.4 Å². The maximum absolute atomic E-state index is 10.3. The number of piperidine rings is 1. The van der Waals surface area contributed by atoms with Gasteiger partial charge in [0.05, 0.1) is 23.9 Å². The van der Waals surface area contributed by atoms with E-state index in [-0.39, 0.29) is 12.6 Å². The fraction of sp³-hybridized carbons (Fsp3) is 0.375. The molecule has 1 aromatic heterocycles. The Bertz CT molecular complexity index is 922. The molecule has 0 saturated carbocycles. The van der Waals surface area contributed by atoms with E-state index in [0.717, 1.165) is 34.3 Å². The molecular weight excluding hydrogens is 332 g/mol. The zero-order valence-electron chi connectivity index (χ0n) is 16.2. The first-order valence-corrected chi connectivity index (χ1v) is 10.0. The van der Waals surface area contributed by atoms with Crippen LogP contribution in [0.5, 0.6) is 0 Å². The summed E-state index contributed by atoms with van der Waals surface area (Å²) in [5.41, 5.74) is 5.50. The molecule has 140 valence electrons. The maximum atomic E-state index is 10.3. The van der Waals surface area contributed by atoms with Gasteiger partial charge in [0.2, 0.25) is 0 Å². The molecule has 0 spiro atoms. The van der Waals surface area contributed by atoms with Gasteiger partial charge in [-0.25, -0.2) is 4.98 Å². The van der Waals surface area contributed by atoms with Crippen LogP contribution in [0.15, 0.2) is 54.6 Å². The van der Waals surface area contributed by atoms with Crippen LogP contribution in [-0.4, -0.2) is 34.2 Å². The average molecular weight is 361 g/mol. The van der Waals surface area contributed by atoms with Crippen LogP contribution in [-0.2, 0) is 0 Å². The van der Waals surface area contributed by atoms with Crippen LogP contribution in [0.1, 0.15) is 43.4 Å². The molecule has 1 aliphatic heterocycles. The Balaban J connectivity index is 1.85. The zero-order chi connectivity index (χ0) is 18.8. The van der Waals surface area contributed by atoms with Gasteiger partial charge in [-0.1, -0.05) is 55.0 Å². The molecule has 1 aliphatic rings. The number of aliphatic hydroxyl groups excluding tert-OH is 1. The van der Waals surface area contributed by atoms with Gasteiger partial charge in [-0.15, -0.1) is 0 Å². The molecule has 2 atom stereocenters. The van der Waals surface area contributed by atoms with Crippen molar-refractivity contribution in [3.8, 4) is 11.3 Å². The van der Waals surface area contributed by atoms with Crippen molar-refractivity contribution >= 4 is 10.9 Å². The molecule has 0 amide bonds. The lowest BCUT2D eigenvalue weighted by atomic mass is 9.95. The van der Waals surface area contributed by atoms with Gasteiger partial charge >= 0.3 is 0 Å². The zero-order valence-corrected chi connectivity index (χ0v) is 16.2. The first kappa shape index (κ1) is 18.1. The van der Waals surface area contributed by atoms with Gasteiger partial charge in [-0.3, -0.25) is 4.90 Å². The summed E-state index contributed by atoms with van der Waals surface area (Å²) in [6.07, 6.45) is 3.68. The maximum Gasteiger partial charge on any atom is 0.0758 e. The number of aromatic nitrogens is 1. The number of fused-ring (bicyclic) bond motifs is 1. The average Bonchev–Trinajstić information content (AvgIpc) is 2.70. The summed E-state index contributed by atoms with van der Waals surface area (Å²) in [5.74, 6) is 0. The van der Waals surface area contributed by atoms with Crippen molar-refractivity contribution in [1.29, 1.82) is 0 Å². The van der Waals surface area contributed by atoms with Crippen molar-refractivity contribution in [2.45, 2.75) is 45.2 Å². The predicted octanol–water partition coefficient (Wildman–Crippen LogP) is 5.12. The largest absolute Gasteiger partial charge is 0.394 e. The number of nitrogens with zero attached hydrogens (tertiary/aromatic N) is 2. The van der Waals surface area contributed by atoms with Crippen molar-refractivity contribution in [2.24, 2.45) is 0 Å². The van der Waals surface area contributed by atoms with E-state index in [0.29, 0.717) is 6.04 Å². The third-order valence-corrected chi connectivity index (χ3v) is 5.90. The highest BCUT2D eigenvalue weighted by atomic mass is 16.3. The van der Waals surface area contributed by atoms with Crippen molar-refractivity contribution in [3.05, 3.63) is 65.7 Å². The van der Waals surface area contributed by atoms with Crippen molar-refractivity contribution < 1.29 is 5.11 Å². The Morgan fingerprint density at radius 3 is 2.67 bits per heavy atom. The van der Waals surface area contributed by atoms with E-state index >= 15 is 0 Å². The van der Waals surface area contributed by atoms with Crippen molar-refractivity contribution in [3.63, 3.8) is 0 Å². The highest BCUT2D eigenvalue weighted by Gasteiger charge is 2.28. The molecule has 4 rings (SSSR count). The van der Waals surface area contributed by atoms with Gasteiger partial charge in [0.25, 0.3) is 0 Å². The molecule has 0 radical (unpaired) electrons. The number of aliphatic hydroxyl groups is 1. The summed E-state index contributed by atoms with van der Waals surface area (Å²) in [7, 11) is 0. The van der Waals surface area contributed by atoms with E-state index in [9.17, 15) is 5.11 Å². The number of benzene rings is 2. The Morgan fingerprint density at radius 1 is 1.11 bits per heavy atom. The lowest BCUT2D eigenvalue weighted by molar-refractivity contribution is 0.0650. The van der Waals surface area contributed by atoms with Crippen molar-refractivity contribution in [1.82, 2.24) is 9.88 Å². The van der Waals surface area contributed by atoms with Crippen molar-refractivity contribution in [2.75, 3.05) is 13.2 Å². The Labute approximate surface area is 161 Å². The Morgan fingerprint density at radius 2 is 1.93 bits per heavy atom. The molecule has 2 aromatic carbocycles. The molecule has 3 heteroatoms. The molecule has 3 aromatic rings. The first-order valence-electron chi connectivity index (χ1n) is 10.0. The number of rotatable bonds is 4. The van der Waals surface area contributed by atoms with Crippen LogP contribution in [0.3, 0.4) is 0 Å². The normalized spacial score (nSPS) is 19.3. The van der Waals surface area contributed by atoms with Crippen LogP contribution in [0.4, 0.5) is 0 Å². The molecule has 1 fully saturated rings. The van der Waals surface area contributed by atoms with E-state index < -0.39 is 0 Å². The fourth-order valence-electron chi connectivity index (χ4n) is 4.45. The molecular formula is C24H28N2O. The van der Waals surface area contributed by atoms with Gasteiger partial charge in [0, 0.05) is 17.0 Å². The summed E-state index contributed by atoms with van der Waals surface area (Å²) in [6.45, 7) is 5.57. The summed E-state index contributed by atoms with van der Waals surface area (Å²) in [4.78, 5) is 7.56. The minimum Gasteiger partial charge on any atom is -0.394 e. The summed E-state index contributed by atoms with van der Waals surface area (Å²) in [6, 6.07) is 19.4. The van der Waals surface area contributed by atoms with Gasteiger partial charge in [0.15, 0.2) is 0 Å². The predicted molar refractivity (Wildman–Crippen MR) is 112 cm³/mol. The molecule has 27 heavy (non-hydrogen) atoms. The van der Waals surface area contributed by atoms with Gasteiger partial charge in [-0.05, 0) is 50.4 Å². The van der Waals surface area contributed by atoms with E-state index in [1.165, 1.54) is 24.8 Å². The number of aryl methyl sites for hydroxylation is 1. The second-order valence-corrected chi connectivity index (χ2v) is 7.72. The smallest absolute Gasteiger partial charge is 0.0758 e. The number of pyridine rings is 1. The van der Waals surface area contributed by atoms with E-state index in [4.69, 9.17) is 4.98 Å². The second-order valence-electron chi connectivity index (χ2n) is 7.72. The lowest BCUT2D eigenvalue weighted by Gasteiger charge is -2.39. The third kappa shape index (κ3) is 3.50. The van der Waals surface area contributed by atoms with E-state index in [1.54, 1.807) is 0 Å². The van der Waals surface area contributed by atoms with Crippen LogP contribution >= 0.6 is 0 Å². The highest BCUT2D eigenvalue weighted by molar-refractivity contribution is 5.86. The second kappa shape index (κ2) is 7.79. The van der Waals surface area contributed by atoms with Crippen LogP contribution in [0, 0.1) is 6.92 Å². The molecule has 0 aliphatic carbocycles. The minimum atomic E-state index is 0.00262. The quantitative estimate of drug-likeness (QED) is 0.702. The number of hydrogen-bond donors (Lipinski definition) is 1. The summed E-state index contributed by atoms with van der Waals surface area (Å²) < 4.78 is 0. The number of likely N-dealkylation sites (tertiary alicyclic amines) is 1. The fourth-order valence-corrected chi connectivity index (χ4v) is 4.45. The van der Waals surface area contributed by atoms with Gasteiger partial charge < -0.3 is 5.11 Å². The third-order valence-electron chi connectivity index (χ3n) is 5.90. The van der Waals surface area contributed by atoms with Gasteiger partial charge in [0.1, 0.15) is 0 Å². The monoisotopic (exact) mass is 360 g/mol. The first-order chi connectivity index (χ1) is 13.2. The molecule has 3 nitrogen and oxygen atoms in total. The van der Waals surface area contributed by atoms with E-state index in [1.807, 2.05) is 6.07 Å². The van der Waals surface area contributed by atoms with Crippen LogP contribution in [0.25, 0.3) is 22.2 Å². The Hall–Kier alpha value is -2.23. The molecule has 0 bridgehead atoms. The minimum absolute atomic E-state index is 0.00262.